The molecule has 0 atom stereocenters. The van der Waals surface area contributed by atoms with Gasteiger partial charge in [-0.05, 0) is 24.3 Å². The summed E-state index contributed by atoms with van der Waals surface area (Å²) in [4.78, 5) is 15.3. The van der Waals surface area contributed by atoms with E-state index in [-0.39, 0.29) is 18.2 Å². The molecule has 2 aromatic rings. The molecule has 19 heavy (non-hydrogen) atoms. The normalized spacial score (nSPS) is 9.89. The molecule has 0 spiro atoms. The minimum absolute atomic E-state index is 0.162. The smallest absolute Gasteiger partial charge is 0.241 e. The van der Waals surface area contributed by atoms with Gasteiger partial charge in [-0.1, -0.05) is 5.16 Å². The first kappa shape index (κ1) is 13.1. The summed E-state index contributed by atoms with van der Waals surface area (Å²) in [5.74, 6) is 0.600. The van der Waals surface area contributed by atoms with Crippen LogP contribution in [0.15, 0.2) is 28.8 Å². The van der Waals surface area contributed by atoms with Crippen molar-refractivity contribution in [1.82, 2.24) is 10.1 Å². The van der Waals surface area contributed by atoms with Gasteiger partial charge in [-0.15, -0.1) is 11.6 Å². The van der Waals surface area contributed by atoms with Crippen LogP contribution < -0.4 is 5.32 Å². The molecule has 0 aliphatic heterocycles. The molecule has 7 heteroatoms. The zero-order valence-electron chi connectivity index (χ0n) is 9.76. The number of hydrogen-bond acceptors (Lipinski definition) is 5. The van der Waals surface area contributed by atoms with Gasteiger partial charge >= 0.3 is 0 Å². The highest BCUT2D eigenvalue weighted by Gasteiger charge is 2.08. The third kappa shape index (κ3) is 3.30. The Morgan fingerprint density at radius 2 is 2.16 bits per heavy atom. The second-order valence-electron chi connectivity index (χ2n) is 3.61. The fraction of sp³-hybridized carbons (Fsp3) is 0.167. The quantitative estimate of drug-likeness (QED) is 0.865. The molecule has 1 aromatic heterocycles. The van der Waals surface area contributed by atoms with E-state index in [1.54, 1.807) is 30.3 Å². The van der Waals surface area contributed by atoms with Crippen LogP contribution in [0.25, 0.3) is 11.4 Å². The number of aromatic nitrogens is 2. The molecule has 96 valence electrons. The third-order valence-corrected chi connectivity index (χ3v) is 2.48. The highest BCUT2D eigenvalue weighted by molar-refractivity contribution is 6.16. The van der Waals surface area contributed by atoms with Crippen LogP contribution in [0.1, 0.15) is 12.3 Å². The molecule has 0 radical (unpaired) electrons. The molecule has 0 saturated heterocycles. The third-order valence-electron chi connectivity index (χ3n) is 2.25. The number of carbonyl (C=O) groups is 1. The zero-order valence-corrected chi connectivity index (χ0v) is 10.5. The number of halogens is 1. The standard InChI is InChI=1S/C12H9ClN4O2/c13-7-11-16-12(17-19-11)8-1-3-9(4-2-8)15-10(18)5-6-14/h1-4H,5,7H2,(H,15,18). The molecule has 0 saturated carbocycles. The Kier molecular flexibility index (Phi) is 4.11. The van der Waals surface area contributed by atoms with Crippen molar-refractivity contribution in [1.29, 1.82) is 5.26 Å². The minimum Gasteiger partial charge on any atom is -0.338 e. The summed E-state index contributed by atoms with van der Waals surface area (Å²) < 4.78 is 4.90. The summed E-state index contributed by atoms with van der Waals surface area (Å²) in [5, 5.41) is 14.8. The van der Waals surface area contributed by atoms with Gasteiger partial charge < -0.3 is 9.84 Å². The molecule has 2 rings (SSSR count). The van der Waals surface area contributed by atoms with Crippen LogP contribution in [0.2, 0.25) is 0 Å². The molecule has 1 aromatic carbocycles. The van der Waals surface area contributed by atoms with E-state index in [9.17, 15) is 4.79 Å². The second kappa shape index (κ2) is 5.98. The monoisotopic (exact) mass is 276 g/mol. The fourth-order valence-corrected chi connectivity index (χ4v) is 1.51. The summed E-state index contributed by atoms with van der Waals surface area (Å²) >= 11 is 5.57. The van der Waals surface area contributed by atoms with Crippen molar-refractivity contribution in [2.24, 2.45) is 0 Å². The van der Waals surface area contributed by atoms with Crippen LogP contribution in [-0.4, -0.2) is 16.0 Å². The van der Waals surface area contributed by atoms with E-state index in [2.05, 4.69) is 15.5 Å². The van der Waals surface area contributed by atoms with Crippen molar-refractivity contribution >= 4 is 23.2 Å². The van der Waals surface area contributed by atoms with E-state index in [1.165, 1.54) is 0 Å². The summed E-state index contributed by atoms with van der Waals surface area (Å²) in [5.41, 5.74) is 1.35. The van der Waals surface area contributed by atoms with Crippen molar-refractivity contribution < 1.29 is 9.32 Å². The van der Waals surface area contributed by atoms with Gasteiger partial charge in [0.1, 0.15) is 12.3 Å². The highest BCUT2D eigenvalue weighted by Crippen LogP contribution is 2.19. The largest absolute Gasteiger partial charge is 0.338 e. The SMILES string of the molecule is N#CCC(=O)Nc1ccc(-c2noc(CCl)n2)cc1. The van der Waals surface area contributed by atoms with Crippen molar-refractivity contribution in [3.63, 3.8) is 0 Å². The van der Waals surface area contributed by atoms with E-state index in [0.29, 0.717) is 17.4 Å². The topological polar surface area (TPSA) is 91.8 Å². The van der Waals surface area contributed by atoms with Crippen LogP contribution in [0.5, 0.6) is 0 Å². The van der Waals surface area contributed by atoms with Gasteiger partial charge in [-0.25, -0.2) is 0 Å². The molecule has 0 bridgehead atoms. The van der Waals surface area contributed by atoms with Gasteiger partial charge in [-0.2, -0.15) is 10.2 Å². The molecular weight excluding hydrogens is 268 g/mol. The van der Waals surface area contributed by atoms with Gasteiger partial charge in [0.2, 0.25) is 17.6 Å². The first-order valence-electron chi connectivity index (χ1n) is 5.38. The number of alkyl halides is 1. The number of anilines is 1. The van der Waals surface area contributed by atoms with E-state index >= 15 is 0 Å². The average molecular weight is 277 g/mol. The van der Waals surface area contributed by atoms with Crippen LogP contribution in [-0.2, 0) is 10.7 Å². The summed E-state index contributed by atoms with van der Waals surface area (Å²) in [6.07, 6.45) is -0.175. The van der Waals surface area contributed by atoms with Gasteiger partial charge in [0.15, 0.2) is 0 Å². The number of nitrogens with zero attached hydrogens (tertiary/aromatic N) is 3. The van der Waals surface area contributed by atoms with Crippen molar-refractivity contribution in [2.45, 2.75) is 12.3 Å². The van der Waals surface area contributed by atoms with Crippen molar-refractivity contribution in [3.05, 3.63) is 30.2 Å². The van der Waals surface area contributed by atoms with Crippen molar-refractivity contribution in [2.75, 3.05) is 5.32 Å². The lowest BCUT2D eigenvalue weighted by molar-refractivity contribution is -0.115. The number of hydrogen-bond donors (Lipinski definition) is 1. The summed E-state index contributed by atoms with van der Waals surface area (Å²) in [6, 6.07) is 8.65. The Labute approximate surface area is 114 Å². The fourth-order valence-electron chi connectivity index (χ4n) is 1.41. The first-order valence-corrected chi connectivity index (χ1v) is 5.92. The lowest BCUT2D eigenvalue weighted by atomic mass is 10.2. The Morgan fingerprint density at radius 1 is 1.42 bits per heavy atom. The molecule has 0 aliphatic rings. The molecule has 1 heterocycles. The minimum atomic E-state index is -0.348. The predicted octanol–water partition coefficient (Wildman–Crippen LogP) is 2.33. The van der Waals surface area contributed by atoms with Gasteiger partial charge in [0.05, 0.1) is 6.07 Å². The van der Waals surface area contributed by atoms with Gasteiger partial charge in [0.25, 0.3) is 0 Å². The van der Waals surface area contributed by atoms with Gasteiger partial charge in [0, 0.05) is 11.3 Å². The number of benzene rings is 1. The lowest BCUT2D eigenvalue weighted by Gasteiger charge is -2.02. The highest BCUT2D eigenvalue weighted by atomic mass is 35.5. The summed E-state index contributed by atoms with van der Waals surface area (Å²) in [6.45, 7) is 0. The summed E-state index contributed by atoms with van der Waals surface area (Å²) in [7, 11) is 0. The lowest BCUT2D eigenvalue weighted by Crippen LogP contribution is -2.09. The number of rotatable bonds is 4. The molecule has 1 N–H and O–H groups in total. The average Bonchev–Trinajstić information content (AvgIpc) is 2.88. The second-order valence-corrected chi connectivity index (χ2v) is 3.87. The van der Waals surface area contributed by atoms with Gasteiger partial charge in [-0.3, -0.25) is 4.79 Å². The maximum Gasteiger partial charge on any atom is 0.241 e. The molecule has 6 nitrogen and oxygen atoms in total. The molecular formula is C12H9ClN4O2. The maximum atomic E-state index is 11.2. The van der Waals surface area contributed by atoms with Crippen LogP contribution >= 0.6 is 11.6 Å². The van der Waals surface area contributed by atoms with Crippen LogP contribution in [0.4, 0.5) is 5.69 Å². The Bertz CT molecular complexity index is 615. The molecule has 0 fully saturated rings. The number of carbonyl (C=O) groups excluding carboxylic acids is 1. The Morgan fingerprint density at radius 3 is 2.74 bits per heavy atom. The van der Waals surface area contributed by atoms with E-state index in [0.717, 1.165) is 5.56 Å². The number of nitrogens with one attached hydrogen (secondary N) is 1. The Balaban J connectivity index is 2.10. The van der Waals surface area contributed by atoms with E-state index < -0.39 is 0 Å². The van der Waals surface area contributed by atoms with Crippen LogP contribution in [0.3, 0.4) is 0 Å². The zero-order chi connectivity index (χ0) is 13.7. The molecule has 0 unspecified atom stereocenters. The van der Waals surface area contributed by atoms with Crippen molar-refractivity contribution in [3.8, 4) is 17.5 Å². The maximum absolute atomic E-state index is 11.2. The Hall–Kier alpha value is -2.39. The van der Waals surface area contributed by atoms with E-state index in [1.807, 2.05) is 0 Å². The van der Waals surface area contributed by atoms with Crippen LogP contribution in [0, 0.1) is 11.3 Å². The van der Waals surface area contributed by atoms with E-state index in [4.69, 9.17) is 21.4 Å². The first-order chi connectivity index (χ1) is 9.22. The predicted molar refractivity (Wildman–Crippen MR) is 68.2 cm³/mol. The molecule has 1 amide bonds. The molecule has 0 aliphatic carbocycles. The number of nitriles is 1. The number of amides is 1.